The second kappa shape index (κ2) is 29.4. The van der Waals surface area contributed by atoms with Crippen LogP contribution in [-0.2, 0) is 9.59 Å². The van der Waals surface area contributed by atoms with Gasteiger partial charge in [0, 0.05) is 25.9 Å². The van der Waals surface area contributed by atoms with E-state index in [4.69, 9.17) is 11.5 Å². The van der Waals surface area contributed by atoms with Crippen molar-refractivity contribution in [3.63, 3.8) is 0 Å². The van der Waals surface area contributed by atoms with Crippen LogP contribution in [0.25, 0.3) is 0 Å². The Balaban J connectivity index is -0.000000182. The zero-order chi connectivity index (χ0) is 41.2. The van der Waals surface area contributed by atoms with Crippen molar-refractivity contribution in [2.45, 2.75) is 197 Å². The summed E-state index contributed by atoms with van der Waals surface area (Å²) in [6, 6.07) is 1.72. The summed E-state index contributed by atoms with van der Waals surface area (Å²) in [6.45, 7) is 38.6. The number of hydrogen-bond acceptors (Lipinski definition) is 12. The summed E-state index contributed by atoms with van der Waals surface area (Å²) in [5.41, 5.74) is 23.2. The zero-order valence-electron chi connectivity index (χ0n) is 36.0. The normalized spacial score (nSPS) is 18.7. The van der Waals surface area contributed by atoms with Gasteiger partial charge in [0.1, 0.15) is 0 Å². The van der Waals surface area contributed by atoms with Crippen LogP contribution in [0, 0.1) is 55.4 Å². The SMILES string of the molecule is C.C.C.CC(=O)C(C)=O.CC(N)C(C)N.CC1=NC(C)C(C)N=C1C.CC1=NC(C)C(C)N=C1C.Cc1nc(C)c(C)nc1C.Cc1nc(C)c(C)nc1C. The van der Waals surface area contributed by atoms with E-state index >= 15 is 0 Å². The number of rotatable bonds is 2. The quantitative estimate of drug-likeness (QED) is 0.284. The fourth-order valence-corrected chi connectivity index (χ4v) is 3.68. The summed E-state index contributed by atoms with van der Waals surface area (Å²) in [5.74, 6) is -0.759. The van der Waals surface area contributed by atoms with Crippen molar-refractivity contribution in [2.24, 2.45) is 31.4 Å². The van der Waals surface area contributed by atoms with Crippen molar-refractivity contribution in [1.82, 2.24) is 19.9 Å². The van der Waals surface area contributed by atoms with Crippen LogP contribution >= 0.6 is 0 Å². The van der Waals surface area contributed by atoms with Gasteiger partial charge in [0.05, 0.1) is 92.6 Å². The Morgan fingerprint density at radius 2 is 0.527 bits per heavy atom. The fourth-order valence-electron chi connectivity index (χ4n) is 3.68. The van der Waals surface area contributed by atoms with E-state index in [0.29, 0.717) is 24.2 Å². The van der Waals surface area contributed by atoms with E-state index in [1.165, 1.54) is 13.8 Å². The number of carbonyl (C=O) groups is 2. The summed E-state index contributed by atoms with van der Waals surface area (Å²) < 4.78 is 0. The van der Waals surface area contributed by atoms with Crippen LogP contribution in [0.2, 0.25) is 0 Å². The molecule has 4 rings (SSSR count). The molecule has 2 aromatic heterocycles. The summed E-state index contributed by atoms with van der Waals surface area (Å²) in [5, 5.41) is 0. The summed E-state index contributed by atoms with van der Waals surface area (Å²) >= 11 is 0. The van der Waals surface area contributed by atoms with Crippen molar-refractivity contribution in [3.05, 3.63) is 45.6 Å². The standard InChI is InChI=1S/2C8H14N2.2C8H12N2.C4H12N2.C4H6O2.3CH4/c4*1-5-6(2)10-8(4)7(3)9-5;2*1-3(5)4(2)6;;;/h2*5-6H,1-4H3;2*1-4H3;3-4H,5-6H2,1-2H3;1-2H3;3*1H4. The maximum Gasteiger partial charge on any atom is 0.195 e. The van der Waals surface area contributed by atoms with Crippen LogP contribution < -0.4 is 11.5 Å². The molecule has 12 nitrogen and oxygen atoms in total. The van der Waals surface area contributed by atoms with Gasteiger partial charge in [-0.2, -0.15) is 0 Å². The van der Waals surface area contributed by atoms with E-state index in [1.54, 1.807) is 0 Å². The molecule has 6 atom stereocenters. The largest absolute Gasteiger partial charge is 0.327 e. The molecule has 2 aromatic rings. The minimum atomic E-state index is -0.380. The van der Waals surface area contributed by atoms with Gasteiger partial charge >= 0.3 is 0 Å². The zero-order valence-corrected chi connectivity index (χ0v) is 36.0. The van der Waals surface area contributed by atoms with Crippen LogP contribution in [-0.4, -0.2) is 90.6 Å². The number of ketones is 2. The predicted octanol–water partition coefficient (Wildman–Crippen LogP) is 8.57. The van der Waals surface area contributed by atoms with Crippen LogP contribution in [0.4, 0.5) is 0 Å². The van der Waals surface area contributed by atoms with Crippen molar-refractivity contribution >= 4 is 34.4 Å². The molecule has 0 saturated carbocycles. The van der Waals surface area contributed by atoms with Crippen LogP contribution in [0.5, 0.6) is 0 Å². The van der Waals surface area contributed by atoms with Gasteiger partial charge < -0.3 is 11.5 Å². The second-order valence-corrected chi connectivity index (χ2v) is 13.8. The van der Waals surface area contributed by atoms with Crippen LogP contribution in [0.1, 0.15) is 151 Å². The minimum absolute atomic E-state index is 0. The third-order valence-electron chi connectivity index (χ3n) is 8.79. The molecule has 2 aliphatic rings. The fraction of sp³-hybridized carbons (Fsp3) is 0.674. The molecular weight excluding hydrogens is 689 g/mol. The Morgan fingerprint density at radius 1 is 0.400 bits per heavy atom. The number of hydrogen-bond donors (Lipinski definition) is 2. The highest BCUT2D eigenvalue weighted by Crippen LogP contribution is 2.10. The van der Waals surface area contributed by atoms with Gasteiger partial charge in [-0.05, 0) is 125 Å². The first-order valence-corrected chi connectivity index (χ1v) is 18.0. The van der Waals surface area contributed by atoms with Crippen molar-refractivity contribution in [3.8, 4) is 0 Å². The highest BCUT2D eigenvalue weighted by molar-refractivity contribution is 6.41. The Bertz CT molecular complexity index is 1330. The van der Waals surface area contributed by atoms with E-state index in [-0.39, 0.29) is 45.9 Å². The number of aryl methyl sites for hydroxylation is 8. The van der Waals surface area contributed by atoms with E-state index in [2.05, 4.69) is 67.6 Å². The molecule has 12 heteroatoms. The van der Waals surface area contributed by atoms with Crippen molar-refractivity contribution in [2.75, 3.05) is 0 Å². The van der Waals surface area contributed by atoms with E-state index in [0.717, 1.165) is 68.4 Å². The molecule has 0 bridgehead atoms. The van der Waals surface area contributed by atoms with Gasteiger partial charge in [0.15, 0.2) is 11.6 Å². The first-order valence-electron chi connectivity index (χ1n) is 18.0. The lowest BCUT2D eigenvalue weighted by Gasteiger charge is -2.19. The molecule has 6 unspecified atom stereocenters. The summed E-state index contributed by atoms with van der Waals surface area (Å²) in [4.78, 5) is 54.6. The van der Waals surface area contributed by atoms with Crippen LogP contribution in [0.15, 0.2) is 20.0 Å². The predicted molar refractivity (Wildman–Crippen MR) is 241 cm³/mol. The number of carbonyl (C=O) groups excluding carboxylic acids is 2. The Kier molecular flexibility index (Phi) is 32.3. The molecule has 2 aliphatic heterocycles. The van der Waals surface area contributed by atoms with Gasteiger partial charge in [-0.3, -0.25) is 49.5 Å². The first kappa shape index (κ1) is 60.4. The molecule has 4 heterocycles. The molecule has 55 heavy (non-hydrogen) atoms. The molecule has 0 amide bonds. The molecule has 0 fully saturated rings. The lowest BCUT2D eigenvalue weighted by atomic mass is 10.1. The number of nitrogens with zero attached hydrogens (tertiary/aromatic N) is 8. The average molecular weight is 771 g/mol. The lowest BCUT2D eigenvalue weighted by molar-refractivity contribution is -0.134. The molecular formula is C43H82N10O2. The minimum Gasteiger partial charge on any atom is -0.327 e. The smallest absolute Gasteiger partial charge is 0.195 e. The Hall–Kier alpha value is -3.90. The third-order valence-corrected chi connectivity index (χ3v) is 8.79. The molecule has 0 saturated heterocycles. The molecule has 0 aliphatic carbocycles. The molecule has 0 radical (unpaired) electrons. The van der Waals surface area contributed by atoms with Gasteiger partial charge in [0.2, 0.25) is 0 Å². The van der Waals surface area contributed by atoms with Gasteiger partial charge in [-0.15, -0.1) is 0 Å². The highest BCUT2D eigenvalue weighted by atomic mass is 16.2. The van der Waals surface area contributed by atoms with Gasteiger partial charge in [0.25, 0.3) is 0 Å². The van der Waals surface area contributed by atoms with Crippen molar-refractivity contribution < 1.29 is 9.59 Å². The van der Waals surface area contributed by atoms with Crippen LogP contribution in [0.3, 0.4) is 0 Å². The number of aliphatic imine (C=N–C) groups is 4. The molecule has 0 spiro atoms. The number of aromatic nitrogens is 4. The van der Waals surface area contributed by atoms with E-state index in [9.17, 15) is 9.59 Å². The molecule has 316 valence electrons. The number of nitrogens with two attached hydrogens (primary N) is 2. The maximum absolute atomic E-state index is 9.79. The summed E-state index contributed by atoms with van der Waals surface area (Å²) in [7, 11) is 0. The highest BCUT2D eigenvalue weighted by Gasteiger charge is 2.16. The molecule has 4 N–H and O–H groups in total. The third kappa shape index (κ3) is 25.0. The lowest BCUT2D eigenvalue weighted by Crippen LogP contribution is -2.35. The molecule has 0 aromatic carbocycles. The van der Waals surface area contributed by atoms with Gasteiger partial charge in [-0.25, -0.2) is 0 Å². The maximum atomic E-state index is 9.79. The van der Waals surface area contributed by atoms with E-state index in [1.807, 2.05) is 96.9 Å². The first-order chi connectivity index (χ1) is 23.7. The Labute approximate surface area is 337 Å². The monoisotopic (exact) mass is 771 g/mol. The Morgan fingerprint density at radius 3 is 0.618 bits per heavy atom. The van der Waals surface area contributed by atoms with E-state index < -0.39 is 0 Å². The second-order valence-electron chi connectivity index (χ2n) is 13.8. The summed E-state index contributed by atoms with van der Waals surface area (Å²) in [6.07, 6.45) is 0. The topological polar surface area (TPSA) is 187 Å². The number of Topliss-reactive ketones (excluding diaryl/α,β-unsaturated/α-hetero) is 2. The van der Waals surface area contributed by atoms with Crippen molar-refractivity contribution in [1.29, 1.82) is 0 Å². The van der Waals surface area contributed by atoms with Gasteiger partial charge in [-0.1, -0.05) is 22.3 Å². The average Bonchev–Trinajstić information content (AvgIpc) is 3.02.